The summed E-state index contributed by atoms with van der Waals surface area (Å²) in [6.45, 7) is 1.39. The van der Waals surface area contributed by atoms with E-state index >= 15 is 0 Å². The Balaban J connectivity index is 0.00000300. The van der Waals surface area contributed by atoms with E-state index in [0.29, 0.717) is 25.4 Å². The van der Waals surface area contributed by atoms with E-state index in [1.165, 1.54) is 6.07 Å². The molecule has 2 aromatic carbocycles. The topological polar surface area (TPSA) is 93.9 Å². The summed E-state index contributed by atoms with van der Waals surface area (Å²) >= 11 is 0. The molecule has 1 heterocycles. The standard InChI is InChI=1S/C19H20FN3O5.ClH/c1-27-18-5-3-2-4-14(18)17-11-21-8-9-22(17)19(24)12-28-13-6-7-16(23(25)26)15(20)10-13;/h2-7,10,17,21H,8-9,11-12H2,1H3;1H. The van der Waals surface area contributed by atoms with Gasteiger partial charge in [0.1, 0.15) is 11.5 Å². The normalized spacial score (nSPS) is 15.9. The lowest BCUT2D eigenvalue weighted by atomic mass is 10.0. The fourth-order valence-corrected chi connectivity index (χ4v) is 3.18. The quantitative estimate of drug-likeness (QED) is 0.565. The van der Waals surface area contributed by atoms with Crippen LogP contribution in [-0.4, -0.2) is 49.1 Å². The fourth-order valence-electron chi connectivity index (χ4n) is 3.18. The zero-order chi connectivity index (χ0) is 20.1. The molecular formula is C19H21ClFN3O5. The highest BCUT2D eigenvalue weighted by Crippen LogP contribution is 2.30. The molecule has 2 aromatic rings. The van der Waals surface area contributed by atoms with Gasteiger partial charge >= 0.3 is 5.69 Å². The molecule has 1 amide bonds. The van der Waals surface area contributed by atoms with Crippen LogP contribution < -0.4 is 14.8 Å². The Kier molecular flexibility index (Phi) is 7.74. The van der Waals surface area contributed by atoms with Gasteiger partial charge in [-0.1, -0.05) is 18.2 Å². The first-order valence-electron chi connectivity index (χ1n) is 8.71. The zero-order valence-corrected chi connectivity index (χ0v) is 16.5. The molecule has 0 saturated carbocycles. The van der Waals surface area contributed by atoms with Crippen molar-refractivity contribution in [2.24, 2.45) is 0 Å². The third-order valence-corrected chi connectivity index (χ3v) is 4.54. The lowest BCUT2D eigenvalue weighted by Gasteiger charge is -2.37. The lowest BCUT2D eigenvalue weighted by molar-refractivity contribution is -0.387. The van der Waals surface area contributed by atoms with Crippen molar-refractivity contribution in [3.63, 3.8) is 0 Å². The molecule has 0 spiro atoms. The number of halogens is 2. The molecule has 1 fully saturated rings. The van der Waals surface area contributed by atoms with E-state index in [4.69, 9.17) is 9.47 Å². The largest absolute Gasteiger partial charge is 0.496 e. The number of nitro benzene ring substituents is 1. The van der Waals surface area contributed by atoms with Gasteiger partial charge in [0.2, 0.25) is 5.82 Å². The average Bonchev–Trinajstić information content (AvgIpc) is 2.71. The van der Waals surface area contributed by atoms with Crippen LogP contribution in [0.2, 0.25) is 0 Å². The minimum absolute atomic E-state index is 0. The van der Waals surface area contributed by atoms with Crippen LogP contribution in [0.3, 0.4) is 0 Å². The predicted molar refractivity (Wildman–Crippen MR) is 106 cm³/mol. The number of carbonyl (C=O) groups is 1. The number of hydrogen-bond acceptors (Lipinski definition) is 6. The summed E-state index contributed by atoms with van der Waals surface area (Å²) in [7, 11) is 1.58. The number of methoxy groups -OCH3 is 1. The molecule has 1 aliphatic rings. The van der Waals surface area contributed by atoms with Crippen LogP contribution in [0.1, 0.15) is 11.6 Å². The maximum atomic E-state index is 13.7. The van der Waals surface area contributed by atoms with E-state index < -0.39 is 16.4 Å². The summed E-state index contributed by atoms with van der Waals surface area (Å²) in [5.41, 5.74) is 0.240. The Hall–Kier alpha value is -2.91. The van der Waals surface area contributed by atoms with Crippen molar-refractivity contribution in [3.8, 4) is 11.5 Å². The van der Waals surface area contributed by atoms with Crippen molar-refractivity contribution >= 4 is 24.0 Å². The summed E-state index contributed by atoms with van der Waals surface area (Å²) in [4.78, 5) is 24.3. The number of benzene rings is 2. The third kappa shape index (κ3) is 5.12. The van der Waals surface area contributed by atoms with Gasteiger partial charge in [-0.05, 0) is 12.1 Å². The van der Waals surface area contributed by atoms with Gasteiger partial charge in [0.05, 0.1) is 18.1 Å². The SMILES string of the molecule is COc1ccccc1C1CNCCN1C(=O)COc1ccc([N+](=O)[O-])c(F)c1.Cl. The molecule has 0 aliphatic carbocycles. The van der Waals surface area contributed by atoms with Crippen LogP contribution in [0.5, 0.6) is 11.5 Å². The lowest BCUT2D eigenvalue weighted by Crippen LogP contribution is -2.50. The van der Waals surface area contributed by atoms with Crippen LogP contribution in [0.25, 0.3) is 0 Å². The molecule has 1 aliphatic heterocycles. The van der Waals surface area contributed by atoms with E-state index in [9.17, 15) is 19.3 Å². The number of para-hydroxylation sites is 1. The van der Waals surface area contributed by atoms with Gasteiger partial charge in [-0.15, -0.1) is 12.4 Å². The van der Waals surface area contributed by atoms with Gasteiger partial charge in [-0.25, -0.2) is 0 Å². The summed E-state index contributed by atoms with van der Waals surface area (Å²) in [6.07, 6.45) is 0. The monoisotopic (exact) mass is 425 g/mol. The Morgan fingerprint density at radius 2 is 2.10 bits per heavy atom. The third-order valence-electron chi connectivity index (χ3n) is 4.54. The van der Waals surface area contributed by atoms with Gasteiger partial charge in [0, 0.05) is 37.3 Å². The summed E-state index contributed by atoms with van der Waals surface area (Å²) < 4.78 is 24.5. The summed E-state index contributed by atoms with van der Waals surface area (Å²) in [5, 5.41) is 13.9. The molecule has 0 bridgehead atoms. The highest BCUT2D eigenvalue weighted by Gasteiger charge is 2.30. The smallest absolute Gasteiger partial charge is 0.305 e. The van der Waals surface area contributed by atoms with Crippen molar-refractivity contribution < 1.29 is 23.6 Å². The molecule has 1 N–H and O–H groups in total. The number of nitrogens with one attached hydrogen (secondary N) is 1. The minimum atomic E-state index is -1.01. The average molecular weight is 426 g/mol. The molecule has 1 saturated heterocycles. The van der Waals surface area contributed by atoms with Gasteiger partial charge in [0.25, 0.3) is 5.91 Å². The van der Waals surface area contributed by atoms with Gasteiger partial charge < -0.3 is 19.7 Å². The van der Waals surface area contributed by atoms with Crippen LogP contribution in [0.15, 0.2) is 42.5 Å². The fraction of sp³-hybridized carbons (Fsp3) is 0.316. The van der Waals surface area contributed by atoms with E-state index in [2.05, 4.69) is 5.32 Å². The highest BCUT2D eigenvalue weighted by atomic mass is 35.5. The molecular weight excluding hydrogens is 405 g/mol. The number of nitrogens with zero attached hydrogens (tertiary/aromatic N) is 2. The second kappa shape index (κ2) is 10.0. The number of nitro groups is 1. The van der Waals surface area contributed by atoms with Crippen molar-refractivity contribution in [1.29, 1.82) is 0 Å². The van der Waals surface area contributed by atoms with E-state index in [-0.39, 0.29) is 36.7 Å². The van der Waals surface area contributed by atoms with Crippen molar-refractivity contribution in [2.75, 3.05) is 33.4 Å². The molecule has 1 atom stereocenters. The van der Waals surface area contributed by atoms with Crippen LogP contribution in [0, 0.1) is 15.9 Å². The van der Waals surface area contributed by atoms with Crippen LogP contribution >= 0.6 is 12.4 Å². The molecule has 0 aromatic heterocycles. The molecule has 8 nitrogen and oxygen atoms in total. The Morgan fingerprint density at radius 1 is 1.34 bits per heavy atom. The number of carbonyl (C=O) groups excluding carboxylic acids is 1. The second-order valence-electron chi connectivity index (χ2n) is 6.21. The highest BCUT2D eigenvalue weighted by molar-refractivity contribution is 5.85. The summed E-state index contributed by atoms with van der Waals surface area (Å²) in [5.74, 6) is -0.534. The Labute approximate surface area is 173 Å². The van der Waals surface area contributed by atoms with E-state index in [1.54, 1.807) is 12.0 Å². The zero-order valence-electron chi connectivity index (χ0n) is 15.7. The van der Waals surface area contributed by atoms with Crippen LogP contribution in [-0.2, 0) is 4.79 Å². The van der Waals surface area contributed by atoms with Gasteiger partial charge in [0.15, 0.2) is 6.61 Å². The van der Waals surface area contributed by atoms with E-state index in [0.717, 1.165) is 17.7 Å². The number of piperazine rings is 1. The first kappa shape index (κ1) is 22.4. The first-order chi connectivity index (χ1) is 13.5. The number of hydrogen-bond donors (Lipinski definition) is 1. The van der Waals surface area contributed by atoms with E-state index in [1.807, 2.05) is 24.3 Å². The molecule has 3 rings (SSSR count). The van der Waals surface area contributed by atoms with Crippen molar-refractivity contribution in [2.45, 2.75) is 6.04 Å². The van der Waals surface area contributed by atoms with Crippen LogP contribution in [0.4, 0.5) is 10.1 Å². The number of rotatable bonds is 6. The molecule has 10 heteroatoms. The summed E-state index contributed by atoms with van der Waals surface area (Å²) in [6, 6.07) is 10.4. The maximum absolute atomic E-state index is 13.7. The molecule has 29 heavy (non-hydrogen) atoms. The predicted octanol–water partition coefficient (Wildman–Crippen LogP) is 2.72. The van der Waals surface area contributed by atoms with Gasteiger partial charge in [-0.2, -0.15) is 4.39 Å². The maximum Gasteiger partial charge on any atom is 0.305 e. The Bertz CT molecular complexity index is 883. The molecule has 156 valence electrons. The first-order valence-corrected chi connectivity index (χ1v) is 8.71. The van der Waals surface area contributed by atoms with Gasteiger partial charge in [-0.3, -0.25) is 14.9 Å². The number of amides is 1. The molecule has 0 radical (unpaired) electrons. The second-order valence-corrected chi connectivity index (χ2v) is 6.21. The minimum Gasteiger partial charge on any atom is -0.496 e. The Morgan fingerprint density at radius 3 is 2.79 bits per heavy atom. The molecule has 1 unspecified atom stereocenters. The number of ether oxygens (including phenoxy) is 2. The van der Waals surface area contributed by atoms with Crippen molar-refractivity contribution in [3.05, 3.63) is 64.0 Å². The van der Waals surface area contributed by atoms with Crippen molar-refractivity contribution in [1.82, 2.24) is 10.2 Å².